The van der Waals surface area contributed by atoms with Crippen molar-refractivity contribution in [2.45, 2.75) is 64.6 Å². The Bertz CT molecular complexity index is 531. The molecule has 1 unspecified atom stereocenters. The predicted octanol–water partition coefficient (Wildman–Crippen LogP) is 3.19. The second-order valence-electron chi connectivity index (χ2n) is 7.62. The predicted molar refractivity (Wildman–Crippen MR) is 89.7 cm³/mol. The van der Waals surface area contributed by atoms with Gasteiger partial charge < -0.3 is 14.0 Å². The van der Waals surface area contributed by atoms with Crippen molar-refractivity contribution in [3.63, 3.8) is 0 Å². The van der Waals surface area contributed by atoms with Crippen LogP contribution in [-0.2, 0) is 14.0 Å². The van der Waals surface area contributed by atoms with E-state index in [9.17, 15) is 0 Å². The largest absolute Gasteiger partial charge is 0.494 e. The topological polar surface area (TPSA) is 27.7 Å². The summed E-state index contributed by atoms with van der Waals surface area (Å²) in [6.07, 6.45) is 2.35. The zero-order chi connectivity index (χ0) is 16.0. The van der Waals surface area contributed by atoms with Crippen molar-refractivity contribution in [2.75, 3.05) is 13.2 Å². The second-order valence-corrected chi connectivity index (χ2v) is 7.62. The fraction of sp³-hybridized carbons (Fsp3) is 0.667. The number of aryl methyl sites for hydroxylation is 1. The molecule has 0 saturated carbocycles. The Hall–Kier alpha value is -0.835. The monoisotopic (exact) mass is 302 g/mol. The molecule has 3 nitrogen and oxygen atoms in total. The van der Waals surface area contributed by atoms with Crippen LogP contribution in [0.2, 0.25) is 0 Å². The molecule has 1 aromatic carbocycles. The van der Waals surface area contributed by atoms with Crippen molar-refractivity contribution in [3.05, 3.63) is 29.3 Å². The van der Waals surface area contributed by atoms with Gasteiger partial charge in [-0.1, -0.05) is 18.2 Å². The van der Waals surface area contributed by atoms with Crippen molar-refractivity contribution in [3.8, 4) is 0 Å². The molecule has 3 rings (SSSR count). The van der Waals surface area contributed by atoms with E-state index in [1.165, 1.54) is 17.5 Å². The van der Waals surface area contributed by atoms with Crippen molar-refractivity contribution in [1.82, 2.24) is 0 Å². The first-order valence-corrected chi connectivity index (χ1v) is 8.34. The zero-order valence-corrected chi connectivity index (χ0v) is 14.4. The summed E-state index contributed by atoms with van der Waals surface area (Å²) in [5, 5.41) is 0. The van der Waals surface area contributed by atoms with Gasteiger partial charge in [0.15, 0.2) is 0 Å². The summed E-state index contributed by atoms with van der Waals surface area (Å²) in [4.78, 5) is 0. The molecule has 0 amide bonds. The lowest BCUT2D eigenvalue weighted by Gasteiger charge is -2.32. The first-order valence-electron chi connectivity index (χ1n) is 8.34. The van der Waals surface area contributed by atoms with Gasteiger partial charge in [0.2, 0.25) is 0 Å². The Morgan fingerprint density at radius 1 is 1.09 bits per heavy atom. The van der Waals surface area contributed by atoms with Gasteiger partial charge in [0, 0.05) is 12.5 Å². The Morgan fingerprint density at radius 2 is 1.77 bits per heavy atom. The number of hydrogen-bond acceptors (Lipinski definition) is 3. The highest BCUT2D eigenvalue weighted by molar-refractivity contribution is 6.62. The molecule has 0 radical (unpaired) electrons. The van der Waals surface area contributed by atoms with E-state index in [2.05, 4.69) is 52.8 Å². The molecule has 2 aliphatic rings. The van der Waals surface area contributed by atoms with Gasteiger partial charge in [0.1, 0.15) is 0 Å². The maximum Gasteiger partial charge on any atom is 0.494 e. The van der Waals surface area contributed by atoms with Crippen LogP contribution in [-0.4, -0.2) is 31.5 Å². The molecule has 2 heterocycles. The van der Waals surface area contributed by atoms with Crippen molar-refractivity contribution < 1.29 is 14.0 Å². The van der Waals surface area contributed by atoms with E-state index in [0.29, 0.717) is 5.92 Å². The summed E-state index contributed by atoms with van der Waals surface area (Å²) in [5.41, 5.74) is 3.24. The van der Waals surface area contributed by atoms with Gasteiger partial charge in [0.05, 0.1) is 17.8 Å². The summed E-state index contributed by atoms with van der Waals surface area (Å²) in [6.45, 7) is 12.3. The molecule has 0 spiro atoms. The summed E-state index contributed by atoms with van der Waals surface area (Å²) < 4.78 is 18.0. The Kier molecular flexibility index (Phi) is 4.13. The third-order valence-electron chi connectivity index (χ3n) is 5.43. The van der Waals surface area contributed by atoms with Crippen LogP contribution in [0.1, 0.15) is 57.6 Å². The van der Waals surface area contributed by atoms with Crippen LogP contribution in [0.3, 0.4) is 0 Å². The molecular weight excluding hydrogens is 275 g/mol. The van der Waals surface area contributed by atoms with Gasteiger partial charge in [-0.2, -0.15) is 0 Å². The van der Waals surface area contributed by atoms with Crippen molar-refractivity contribution >= 4 is 12.6 Å². The van der Waals surface area contributed by atoms with Crippen molar-refractivity contribution in [1.29, 1.82) is 0 Å². The number of hydrogen-bond donors (Lipinski definition) is 0. The van der Waals surface area contributed by atoms with Crippen LogP contribution < -0.4 is 5.46 Å². The van der Waals surface area contributed by atoms with Gasteiger partial charge in [-0.05, 0) is 64.1 Å². The Balaban J connectivity index is 1.87. The molecule has 2 fully saturated rings. The van der Waals surface area contributed by atoms with Crippen LogP contribution in [0.15, 0.2) is 18.2 Å². The van der Waals surface area contributed by atoms with Crippen LogP contribution in [0.5, 0.6) is 0 Å². The molecule has 2 aliphatic heterocycles. The standard InChI is InChI=1S/C18H27BO3/c1-13-8-9-15(11-16(13)14-7-6-10-20-12-14)19-21-17(2,3)18(4,5)22-19/h8-9,11,14H,6-7,10,12H2,1-5H3. The molecule has 0 bridgehead atoms. The summed E-state index contributed by atoms with van der Waals surface area (Å²) in [5.74, 6) is 0.496. The normalized spacial score (nSPS) is 27.1. The van der Waals surface area contributed by atoms with Gasteiger partial charge >= 0.3 is 7.12 Å². The minimum absolute atomic E-state index is 0.283. The fourth-order valence-corrected chi connectivity index (χ4v) is 3.21. The summed E-state index contributed by atoms with van der Waals surface area (Å²) >= 11 is 0. The fourth-order valence-electron chi connectivity index (χ4n) is 3.21. The molecular formula is C18H27BO3. The average Bonchev–Trinajstić information content (AvgIpc) is 2.69. The highest BCUT2D eigenvalue weighted by atomic mass is 16.7. The number of ether oxygens (including phenoxy) is 1. The molecule has 0 aliphatic carbocycles. The van der Waals surface area contributed by atoms with E-state index in [-0.39, 0.29) is 18.3 Å². The summed E-state index contributed by atoms with van der Waals surface area (Å²) in [7, 11) is -0.283. The number of benzene rings is 1. The molecule has 1 aromatic rings. The second kappa shape index (κ2) is 5.66. The highest BCUT2D eigenvalue weighted by Crippen LogP contribution is 2.37. The molecule has 120 valence electrons. The quantitative estimate of drug-likeness (QED) is 0.785. The Labute approximate surface area is 134 Å². The van der Waals surface area contributed by atoms with Gasteiger partial charge in [-0.25, -0.2) is 0 Å². The van der Waals surface area contributed by atoms with E-state index in [1.54, 1.807) is 0 Å². The molecule has 22 heavy (non-hydrogen) atoms. The SMILES string of the molecule is Cc1ccc(B2OC(C)(C)C(C)(C)O2)cc1C1CCCOC1. The lowest BCUT2D eigenvalue weighted by atomic mass is 9.76. The van der Waals surface area contributed by atoms with E-state index < -0.39 is 0 Å². The van der Waals surface area contributed by atoms with Crippen molar-refractivity contribution in [2.24, 2.45) is 0 Å². The van der Waals surface area contributed by atoms with Crippen LogP contribution in [0, 0.1) is 6.92 Å². The van der Waals surface area contributed by atoms with Crippen LogP contribution in [0.25, 0.3) is 0 Å². The highest BCUT2D eigenvalue weighted by Gasteiger charge is 2.51. The minimum Gasteiger partial charge on any atom is -0.399 e. The zero-order valence-electron chi connectivity index (χ0n) is 14.4. The van der Waals surface area contributed by atoms with Gasteiger partial charge in [-0.15, -0.1) is 0 Å². The van der Waals surface area contributed by atoms with E-state index in [1.807, 2.05) is 0 Å². The third kappa shape index (κ3) is 2.84. The molecule has 4 heteroatoms. The van der Waals surface area contributed by atoms with E-state index >= 15 is 0 Å². The van der Waals surface area contributed by atoms with Gasteiger partial charge in [-0.3, -0.25) is 0 Å². The first kappa shape index (κ1) is 16.0. The van der Waals surface area contributed by atoms with E-state index in [4.69, 9.17) is 14.0 Å². The maximum absolute atomic E-state index is 6.18. The molecule has 0 N–H and O–H groups in total. The van der Waals surface area contributed by atoms with Crippen LogP contribution >= 0.6 is 0 Å². The number of rotatable bonds is 2. The van der Waals surface area contributed by atoms with Gasteiger partial charge in [0.25, 0.3) is 0 Å². The average molecular weight is 302 g/mol. The third-order valence-corrected chi connectivity index (χ3v) is 5.43. The summed E-state index contributed by atoms with van der Waals surface area (Å²) in [6, 6.07) is 6.58. The molecule has 1 atom stereocenters. The smallest absolute Gasteiger partial charge is 0.399 e. The Morgan fingerprint density at radius 3 is 2.36 bits per heavy atom. The van der Waals surface area contributed by atoms with Crippen LogP contribution in [0.4, 0.5) is 0 Å². The first-order chi connectivity index (χ1) is 10.3. The lowest BCUT2D eigenvalue weighted by Crippen LogP contribution is -2.41. The maximum atomic E-state index is 6.18. The lowest BCUT2D eigenvalue weighted by molar-refractivity contribution is 0.00578. The molecule has 2 saturated heterocycles. The molecule has 0 aromatic heterocycles. The minimum atomic E-state index is -0.295. The van der Waals surface area contributed by atoms with E-state index in [0.717, 1.165) is 25.1 Å².